The van der Waals surface area contributed by atoms with Gasteiger partial charge in [-0.3, -0.25) is 19.8 Å². The number of benzene rings is 3. The number of thiocarbonyl (C=S) groups is 1. The summed E-state index contributed by atoms with van der Waals surface area (Å²) in [5.41, 5.74) is 5.19. The van der Waals surface area contributed by atoms with Crippen LogP contribution in [0.3, 0.4) is 0 Å². The van der Waals surface area contributed by atoms with E-state index < -0.39 is 11.8 Å². The maximum atomic E-state index is 13.6. The molecule has 2 amide bonds. The zero-order chi connectivity index (χ0) is 25.6. The second-order valence-electron chi connectivity index (χ2n) is 8.64. The van der Waals surface area contributed by atoms with Crippen LogP contribution in [0.4, 0.5) is 5.69 Å². The molecule has 5 nitrogen and oxygen atoms in total. The minimum atomic E-state index is -0.524. The number of carbonyl (C=O) groups excluding carboxylic acids is 2. The Kier molecular flexibility index (Phi) is 6.43. The second-order valence-corrected chi connectivity index (χ2v) is 9.87. The van der Waals surface area contributed by atoms with E-state index in [2.05, 4.69) is 5.32 Å². The zero-order valence-electron chi connectivity index (χ0n) is 19.5. The van der Waals surface area contributed by atoms with Crippen LogP contribution in [-0.4, -0.2) is 21.5 Å². The summed E-state index contributed by atoms with van der Waals surface area (Å²) in [4.78, 5) is 27.9. The zero-order valence-corrected chi connectivity index (χ0v) is 21.8. The minimum absolute atomic E-state index is 0.0111. The van der Waals surface area contributed by atoms with Gasteiger partial charge in [-0.2, -0.15) is 0 Å². The number of hydrogen-bond acceptors (Lipinski definition) is 3. The fourth-order valence-electron chi connectivity index (χ4n) is 4.36. The van der Waals surface area contributed by atoms with E-state index in [0.29, 0.717) is 22.3 Å². The molecule has 1 aromatic heterocycles. The normalized spacial score (nSPS) is 15.2. The molecule has 1 saturated heterocycles. The molecule has 0 bridgehead atoms. The van der Waals surface area contributed by atoms with Gasteiger partial charge in [-0.05, 0) is 73.1 Å². The molecule has 180 valence electrons. The number of nitrogens with one attached hydrogen (secondary N) is 1. The highest BCUT2D eigenvalue weighted by molar-refractivity contribution is 7.80. The van der Waals surface area contributed by atoms with Crippen molar-refractivity contribution >= 4 is 75.0 Å². The number of rotatable bonds is 4. The predicted molar refractivity (Wildman–Crippen MR) is 150 cm³/mol. The molecule has 5 rings (SSSR count). The van der Waals surface area contributed by atoms with Gasteiger partial charge in [0, 0.05) is 39.3 Å². The molecule has 0 spiro atoms. The number of amides is 2. The van der Waals surface area contributed by atoms with Crippen LogP contribution >= 0.6 is 35.4 Å². The molecule has 1 N–H and O–H groups in total. The van der Waals surface area contributed by atoms with Crippen molar-refractivity contribution in [2.24, 2.45) is 0 Å². The molecule has 0 saturated carbocycles. The van der Waals surface area contributed by atoms with E-state index in [0.717, 1.165) is 33.2 Å². The maximum Gasteiger partial charge on any atom is 0.270 e. The SMILES string of the molecule is Cc1cccc(N2C(=O)/C(=C/c3cn(Cc4ccc(Cl)cc4Cl)c4ccccc34)C(=O)NC2=S)c1C. The number of carbonyl (C=O) groups is 2. The Bertz CT molecular complexity index is 1610. The van der Waals surface area contributed by atoms with E-state index in [4.69, 9.17) is 35.4 Å². The van der Waals surface area contributed by atoms with Crippen LogP contribution in [0.5, 0.6) is 0 Å². The van der Waals surface area contributed by atoms with E-state index in [1.807, 2.05) is 73.1 Å². The van der Waals surface area contributed by atoms with E-state index in [-0.39, 0.29) is 10.7 Å². The summed E-state index contributed by atoms with van der Waals surface area (Å²) in [7, 11) is 0. The van der Waals surface area contributed by atoms with Gasteiger partial charge in [0.05, 0.1) is 5.69 Å². The van der Waals surface area contributed by atoms with Crippen LogP contribution in [0.2, 0.25) is 10.0 Å². The summed E-state index contributed by atoms with van der Waals surface area (Å²) >= 11 is 17.9. The van der Waals surface area contributed by atoms with Crippen LogP contribution in [0.15, 0.2) is 72.4 Å². The first kappa shape index (κ1) is 24.3. The van der Waals surface area contributed by atoms with Crippen LogP contribution < -0.4 is 10.2 Å². The molecule has 0 atom stereocenters. The van der Waals surface area contributed by atoms with E-state index >= 15 is 0 Å². The van der Waals surface area contributed by atoms with Gasteiger partial charge in [0.2, 0.25) is 0 Å². The number of halogens is 2. The lowest BCUT2D eigenvalue weighted by Gasteiger charge is -2.30. The first-order chi connectivity index (χ1) is 17.2. The van der Waals surface area contributed by atoms with Crippen LogP contribution in [0, 0.1) is 13.8 Å². The number of aromatic nitrogens is 1. The van der Waals surface area contributed by atoms with Gasteiger partial charge >= 0.3 is 0 Å². The molecule has 36 heavy (non-hydrogen) atoms. The minimum Gasteiger partial charge on any atom is -0.342 e. The first-order valence-corrected chi connectivity index (χ1v) is 12.4. The molecular formula is C28H21Cl2N3O2S. The average Bonchev–Trinajstić information content (AvgIpc) is 3.18. The van der Waals surface area contributed by atoms with Crippen molar-refractivity contribution in [1.82, 2.24) is 9.88 Å². The number of aryl methyl sites for hydroxylation is 1. The fourth-order valence-corrected chi connectivity index (χ4v) is 5.11. The standard InChI is InChI=1S/C28H21Cl2N3O2S/c1-16-6-5-9-24(17(16)2)33-27(35)22(26(34)31-28(33)36)12-19-15-32(25-8-4-3-7-21(19)25)14-18-10-11-20(29)13-23(18)30/h3-13,15H,14H2,1-2H3,(H,31,34,36)/b22-12+. The number of anilines is 1. The Morgan fingerprint density at radius 1 is 1.00 bits per heavy atom. The average molecular weight is 534 g/mol. The van der Waals surface area contributed by atoms with Crippen molar-refractivity contribution in [1.29, 1.82) is 0 Å². The summed E-state index contributed by atoms with van der Waals surface area (Å²) in [6, 6.07) is 18.9. The highest BCUT2D eigenvalue weighted by Gasteiger charge is 2.35. The summed E-state index contributed by atoms with van der Waals surface area (Å²) in [5, 5.41) is 4.78. The smallest absolute Gasteiger partial charge is 0.270 e. The fraction of sp³-hybridized carbons (Fsp3) is 0.107. The molecule has 4 aromatic rings. The van der Waals surface area contributed by atoms with Crippen molar-refractivity contribution in [2.75, 3.05) is 4.90 Å². The molecule has 1 aliphatic rings. The molecular weight excluding hydrogens is 513 g/mol. The van der Waals surface area contributed by atoms with Gasteiger partial charge in [-0.1, -0.05) is 59.6 Å². The van der Waals surface area contributed by atoms with Gasteiger partial charge in [0.15, 0.2) is 5.11 Å². The Morgan fingerprint density at radius 3 is 2.56 bits per heavy atom. The van der Waals surface area contributed by atoms with Crippen molar-refractivity contribution in [3.8, 4) is 0 Å². The first-order valence-electron chi connectivity index (χ1n) is 11.2. The number of nitrogens with zero attached hydrogens (tertiary/aromatic N) is 2. The number of fused-ring (bicyclic) bond motifs is 1. The van der Waals surface area contributed by atoms with Crippen LogP contribution in [-0.2, 0) is 16.1 Å². The van der Waals surface area contributed by atoms with Gasteiger partial charge in [0.25, 0.3) is 11.8 Å². The van der Waals surface area contributed by atoms with Gasteiger partial charge in [-0.25, -0.2) is 0 Å². The quantitative estimate of drug-likeness (QED) is 0.186. The number of para-hydroxylation sites is 1. The number of hydrogen-bond donors (Lipinski definition) is 1. The van der Waals surface area contributed by atoms with Crippen molar-refractivity contribution in [2.45, 2.75) is 20.4 Å². The highest BCUT2D eigenvalue weighted by Crippen LogP contribution is 2.30. The highest BCUT2D eigenvalue weighted by atomic mass is 35.5. The summed E-state index contributed by atoms with van der Waals surface area (Å²) in [6.45, 7) is 4.39. The van der Waals surface area contributed by atoms with Crippen LogP contribution in [0.1, 0.15) is 22.3 Å². The third-order valence-electron chi connectivity index (χ3n) is 6.39. The van der Waals surface area contributed by atoms with Gasteiger partial charge in [-0.15, -0.1) is 0 Å². The van der Waals surface area contributed by atoms with E-state index in [1.54, 1.807) is 18.2 Å². The molecule has 0 radical (unpaired) electrons. The molecule has 3 aromatic carbocycles. The van der Waals surface area contributed by atoms with Gasteiger partial charge < -0.3 is 4.57 Å². The Hall–Kier alpha value is -3.45. The third-order valence-corrected chi connectivity index (χ3v) is 7.27. The van der Waals surface area contributed by atoms with Crippen molar-refractivity contribution in [3.63, 3.8) is 0 Å². The lowest BCUT2D eigenvalue weighted by Crippen LogP contribution is -2.54. The van der Waals surface area contributed by atoms with E-state index in [1.165, 1.54) is 4.90 Å². The molecule has 1 fully saturated rings. The Morgan fingerprint density at radius 2 is 1.78 bits per heavy atom. The lowest BCUT2D eigenvalue weighted by molar-refractivity contribution is -0.122. The maximum absolute atomic E-state index is 13.6. The monoisotopic (exact) mass is 533 g/mol. The lowest BCUT2D eigenvalue weighted by atomic mass is 10.0. The van der Waals surface area contributed by atoms with Crippen molar-refractivity contribution in [3.05, 3.63) is 105 Å². The van der Waals surface area contributed by atoms with Gasteiger partial charge in [0.1, 0.15) is 5.57 Å². The van der Waals surface area contributed by atoms with Crippen LogP contribution in [0.25, 0.3) is 17.0 Å². The molecule has 8 heteroatoms. The Labute approximate surface area is 223 Å². The largest absolute Gasteiger partial charge is 0.342 e. The van der Waals surface area contributed by atoms with E-state index in [9.17, 15) is 9.59 Å². The molecule has 1 aliphatic heterocycles. The molecule has 0 aliphatic carbocycles. The summed E-state index contributed by atoms with van der Waals surface area (Å²) in [6.07, 6.45) is 3.54. The second kappa shape index (κ2) is 9.54. The molecule has 2 heterocycles. The topological polar surface area (TPSA) is 54.3 Å². The molecule has 0 unspecified atom stereocenters. The Balaban J connectivity index is 1.59. The predicted octanol–water partition coefficient (Wildman–Crippen LogP) is 6.44. The summed E-state index contributed by atoms with van der Waals surface area (Å²) < 4.78 is 2.04. The third kappa shape index (κ3) is 4.32. The summed E-state index contributed by atoms with van der Waals surface area (Å²) in [5.74, 6) is -0.987. The van der Waals surface area contributed by atoms with Crippen molar-refractivity contribution < 1.29 is 9.59 Å².